The number of ether oxygens (including phenoxy) is 1. The van der Waals surface area contributed by atoms with Gasteiger partial charge >= 0.3 is 5.97 Å². The Morgan fingerprint density at radius 2 is 2.27 bits per heavy atom. The molecule has 0 spiro atoms. The second kappa shape index (κ2) is 6.18. The fourth-order valence-electron chi connectivity index (χ4n) is 2.94. The standard InChI is InChI=1S/C15H18N2O4S/c1-21-8-6-11-16-14-13(9-3-2-4-10(9)22-14)15(20)17(11)7-5-12(18)19/h2-8H2,1H3,(H,18,19). The molecule has 0 unspecified atom stereocenters. The van der Waals surface area contributed by atoms with E-state index in [1.165, 1.54) is 9.44 Å². The number of hydrogen-bond donors (Lipinski definition) is 1. The Bertz CT molecular complexity index is 778. The van der Waals surface area contributed by atoms with E-state index >= 15 is 0 Å². The van der Waals surface area contributed by atoms with Crippen molar-refractivity contribution in [3.8, 4) is 0 Å². The van der Waals surface area contributed by atoms with Crippen LogP contribution in [0.25, 0.3) is 10.2 Å². The summed E-state index contributed by atoms with van der Waals surface area (Å²) < 4.78 is 6.59. The first-order chi connectivity index (χ1) is 10.6. The molecule has 1 aliphatic carbocycles. The summed E-state index contributed by atoms with van der Waals surface area (Å²) in [6, 6.07) is 0. The maximum absolute atomic E-state index is 12.8. The van der Waals surface area contributed by atoms with Gasteiger partial charge in [0.05, 0.1) is 18.4 Å². The van der Waals surface area contributed by atoms with Gasteiger partial charge in [-0.1, -0.05) is 0 Å². The molecule has 3 rings (SSSR count). The molecule has 0 aromatic carbocycles. The Kier molecular flexibility index (Phi) is 4.26. The van der Waals surface area contributed by atoms with Crippen molar-refractivity contribution in [2.45, 2.75) is 38.6 Å². The van der Waals surface area contributed by atoms with Gasteiger partial charge in [-0.25, -0.2) is 4.98 Å². The van der Waals surface area contributed by atoms with Crippen molar-refractivity contribution in [2.75, 3.05) is 13.7 Å². The number of nitrogens with zero attached hydrogens (tertiary/aromatic N) is 2. The van der Waals surface area contributed by atoms with Gasteiger partial charge in [0.25, 0.3) is 5.56 Å². The summed E-state index contributed by atoms with van der Waals surface area (Å²) in [5, 5.41) is 9.60. The third kappa shape index (κ3) is 2.66. The van der Waals surface area contributed by atoms with Crippen molar-refractivity contribution >= 4 is 27.5 Å². The molecule has 0 aliphatic heterocycles. The molecule has 2 aromatic heterocycles. The van der Waals surface area contributed by atoms with Crippen LogP contribution in [0.15, 0.2) is 4.79 Å². The van der Waals surface area contributed by atoms with Gasteiger partial charge in [-0.15, -0.1) is 11.3 Å². The number of carbonyl (C=O) groups is 1. The zero-order chi connectivity index (χ0) is 15.7. The molecule has 22 heavy (non-hydrogen) atoms. The Hall–Kier alpha value is -1.73. The third-order valence-electron chi connectivity index (χ3n) is 3.98. The number of rotatable bonds is 6. The smallest absolute Gasteiger partial charge is 0.305 e. The van der Waals surface area contributed by atoms with Crippen molar-refractivity contribution in [1.29, 1.82) is 0 Å². The van der Waals surface area contributed by atoms with Crippen LogP contribution in [0.3, 0.4) is 0 Å². The second-order valence-electron chi connectivity index (χ2n) is 5.41. The largest absolute Gasteiger partial charge is 0.481 e. The van der Waals surface area contributed by atoms with Gasteiger partial charge in [0.15, 0.2) is 0 Å². The molecular formula is C15H18N2O4S. The molecule has 1 aliphatic rings. The quantitative estimate of drug-likeness (QED) is 0.874. The molecule has 1 N–H and O–H groups in total. The van der Waals surface area contributed by atoms with Gasteiger partial charge in [0.2, 0.25) is 0 Å². The summed E-state index contributed by atoms with van der Waals surface area (Å²) in [6.45, 7) is 0.608. The van der Waals surface area contributed by atoms with Crippen LogP contribution >= 0.6 is 11.3 Å². The predicted molar refractivity (Wildman–Crippen MR) is 83.7 cm³/mol. The van der Waals surface area contributed by atoms with Crippen molar-refractivity contribution in [3.05, 3.63) is 26.6 Å². The van der Waals surface area contributed by atoms with E-state index in [2.05, 4.69) is 4.98 Å². The minimum atomic E-state index is -0.916. The maximum atomic E-state index is 12.8. The highest BCUT2D eigenvalue weighted by atomic mass is 32.1. The highest BCUT2D eigenvalue weighted by molar-refractivity contribution is 7.18. The number of fused-ring (bicyclic) bond motifs is 3. The summed E-state index contributed by atoms with van der Waals surface area (Å²) in [4.78, 5) is 30.4. The van der Waals surface area contributed by atoms with Crippen LogP contribution in [0.2, 0.25) is 0 Å². The number of aliphatic carboxylic acids is 1. The predicted octanol–water partition coefficient (Wildman–Crippen LogP) is 1.61. The summed E-state index contributed by atoms with van der Waals surface area (Å²) in [7, 11) is 1.60. The van der Waals surface area contributed by atoms with E-state index in [1.54, 1.807) is 18.4 Å². The number of aromatic nitrogens is 2. The van der Waals surface area contributed by atoms with Gasteiger partial charge in [0.1, 0.15) is 10.7 Å². The lowest BCUT2D eigenvalue weighted by Crippen LogP contribution is -2.27. The monoisotopic (exact) mass is 322 g/mol. The van der Waals surface area contributed by atoms with Crippen molar-refractivity contribution in [1.82, 2.24) is 9.55 Å². The molecule has 0 fully saturated rings. The molecule has 0 bridgehead atoms. The fourth-order valence-corrected chi connectivity index (χ4v) is 4.21. The Morgan fingerprint density at radius 3 is 3.00 bits per heavy atom. The lowest BCUT2D eigenvalue weighted by atomic mass is 10.2. The van der Waals surface area contributed by atoms with Gasteiger partial charge in [-0.05, 0) is 24.8 Å². The SMILES string of the molecule is COCCc1nc2sc3c(c2c(=O)n1CCC(=O)O)CCC3. The molecule has 0 amide bonds. The summed E-state index contributed by atoms with van der Waals surface area (Å²) in [5.41, 5.74) is 1.02. The lowest BCUT2D eigenvalue weighted by Gasteiger charge is -2.11. The van der Waals surface area contributed by atoms with E-state index in [4.69, 9.17) is 9.84 Å². The highest BCUT2D eigenvalue weighted by Crippen LogP contribution is 2.34. The van der Waals surface area contributed by atoms with Crippen molar-refractivity contribution in [2.24, 2.45) is 0 Å². The molecular weight excluding hydrogens is 304 g/mol. The Balaban J connectivity index is 2.12. The Morgan fingerprint density at radius 1 is 1.45 bits per heavy atom. The molecule has 0 radical (unpaired) electrons. The van der Waals surface area contributed by atoms with E-state index in [-0.39, 0.29) is 18.5 Å². The van der Waals surface area contributed by atoms with E-state index in [1.807, 2.05) is 0 Å². The average Bonchev–Trinajstić information content (AvgIpc) is 3.04. The number of carboxylic acid groups (broad SMARTS) is 1. The molecule has 2 heterocycles. The van der Waals surface area contributed by atoms with Crippen LogP contribution in [0.5, 0.6) is 0 Å². The summed E-state index contributed by atoms with van der Waals surface area (Å²) >= 11 is 1.60. The molecule has 6 nitrogen and oxygen atoms in total. The number of hydrogen-bond acceptors (Lipinski definition) is 5. The second-order valence-corrected chi connectivity index (χ2v) is 6.49. The first kappa shape index (κ1) is 15.2. The topological polar surface area (TPSA) is 81.4 Å². The van der Waals surface area contributed by atoms with E-state index in [0.29, 0.717) is 24.2 Å². The minimum absolute atomic E-state index is 0.0839. The van der Waals surface area contributed by atoms with Gasteiger partial charge in [0, 0.05) is 25.0 Å². The normalized spacial score (nSPS) is 13.7. The van der Waals surface area contributed by atoms with Crippen molar-refractivity contribution in [3.63, 3.8) is 0 Å². The van der Waals surface area contributed by atoms with Gasteiger partial charge in [-0.3, -0.25) is 14.2 Å². The third-order valence-corrected chi connectivity index (χ3v) is 5.17. The first-order valence-corrected chi connectivity index (χ1v) is 8.18. The molecule has 2 aromatic rings. The van der Waals surface area contributed by atoms with E-state index in [9.17, 15) is 9.59 Å². The Labute approximate surface area is 131 Å². The van der Waals surface area contributed by atoms with Crippen LogP contribution in [0.1, 0.15) is 29.1 Å². The van der Waals surface area contributed by atoms with Crippen LogP contribution in [0.4, 0.5) is 0 Å². The van der Waals surface area contributed by atoms with E-state index < -0.39 is 5.97 Å². The molecule has 0 saturated heterocycles. The number of thiophene rings is 1. The number of carboxylic acids is 1. The van der Waals surface area contributed by atoms with Crippen LogP contribution in [0, 0.1) is 0 Å². The zero-order valence-electron chi connectivity index (χ0n) is 12.4. The summed E-state index contributed by atoms with van der Waals surface area (Å²) in [5.74, 6) is -0.305. The van der Waals surface area contributed by atoms with Crippen LogP contribution in [-0.2, 0) is 35.3 Å². The molecule has 0 saturated carbocycles. The molecule has 118 valence electrons. The number of aryl methyl sites for hydroxylation is 2. The maximum Gasteiger partial charge on any atom is 0.305 e. The minimum Gasteiger partial charge on any atom is -0.481 e. The van der Waals surface area contributed by atoms with Crippen LogP contribution < -0.4 is 5.56 Å². The number of methoxy groups -OCH3 is 1. The molecule has 7 heteroatoms. The summed E-state index contributed by atoms with van der Waals surface area (Å²) in [6.07, 6.45) is 3.43. The highest BCUT2D eigenvalue weighted by Gasteiger charge is 2.23. The van der Waals surface area contributed by atoms with Crippen molar-refractivity contribution < 1.29 is 14.6 Å². The zero-order valence-corrected chi connectivity index (χ0v) is 13.2. The first-order valence-electron chi connectivity index (χ1n) is 7.36. The van der Waals surface area contributed by atoms with E-state index in [0.717, 1.165) is 29.7 Å². The fraction of sp³-hybridized carbons (Fsp3) is 0.533. The average molecular weight is 322 g/mol. The van der Waals surface area contributed by atoms with Gasteiger partial charge < -0.3 is 9.84 Å². The molecule has 0 atom stereocenters. The van der Waals surface area contributed by atoms with Gasteiger partial charge in [-0.2, -0.15) is 0 Å². The lowest BCUT2D eigenvalue weighted by molar-refractivity contribution is -0.137. The van der Waals surface area contributed by atoms with Crippen LogP contribution in [-0.4, -0.2) is 34.3 Å².